The van der Waals surface area contributed by atoms with Crippen LogP contribution in [0.5, 0.6) is 0 Å². The van der Waals surface area contributed by atoms with Crippen molar-refractivity contribution in [2.45, 2.75) is 23.9 Å². The Morgan fingerprint density at radius 1 is 0.727 bits per heavy atom. The van der Waals surface area contributed by atoms with Crippen molar-refractivity contribution in [3.05, 3.63) is 196 Å². The number of β-lactam (4-membered cyclic amide) rings is 1. The highest BCUT2D eigenvalue weighted by molar-refractivity contribution is 9.09. The summed E-state index contributed by atoms with van der Waals surface area (Å²) < 4.78 is 6.07. The number of fused-ring (bicyclic) bond motifs is 1. The van der Waals surface area contributed by atoms with Crippen molar-refractivity contribution in [2.75, 3.05) is 11.1 Å². The lowest BCUT2D eigenvalue weighted by Gasteiger charge is -2.49. The first-order valence-corrected chi connectivity index (χ1v) is 22.2. The molecule has 8 rings (SSSR count). The Kier molecular flexibility index (Phi) is 13.1. The van der Waals surface area contributed by atoms with Gasteiger partial charge in [-0.1, -0.05) is 174 Å². The van der Waals surface area contributed by atoms with Crippen LogP contribution in [0.2, 0.25) is 0 Å². The molecule has 5 aromatic carbocycles. The lowest BCUT2D eigenvalue weighted by molar-refractivity contribution is -0.154. The molecule has 1 N–H and O–H groups in total. The van der Waals surface area contributed by atoms with E-state index in [9.17, 15) is 14.4 Å². The first-order chi connectivity index (χ1) is 27.0. The van der Waals surface area contributed by atoms with E-state index in [-0.39, 0.29) is 29.3 Å². The van der Waals surface area contributed by atoms with Gasteiger partial charge in [0.1, 0.15) is 17.1 Å². The van der Waals surface area contributed by atoms with Crippen LogP contribution in [0, 0.1) is 0 Å². The molecule has 1 fully saturated rings. The fourth-order valence-corrected chi connectivity index (χ4v) is 11.6. The molecule has 0 bridgehead atoms. The van der Waals surface area contributed by atoms with Crippen LogP contribution in [-0.2, 0) is 25.5 Å². The minimum atomic E-state index is -0.666. The summed E-state index contributed by atoms with van der Waals surface area (Å²) in [5.74, 6) is -0.496. The highest BCUT2D eigenvalue weighted by Crippen LogP contribution is 2.42. The summed E-state index contributed by atoms with van der Waals surface area (Å²) in [7, 11) is -0.446. The highest BCUT2D eigenvalue weighted by Gasteiger charge is 2.54. The number of esters is 1. The Bertz CT molecular complexity index is 2080. The van der Waals surface area contributed by atoms with Gasteiger partial charge in [-0.3, -0.25) is 14.5 Å². The number of ether oxygens (including phenoxy) is 1. The summed E-state index contributed by atoms with van der Waals surface area (Å²) in [4.78, 5) is 41.7. The van der Waals surface area contributed by atoms with Gasteiger partial charge in [0.05, 0.1) is 6.42 Å². The Labute approximate surface area is 339 Å². The number of rotatable bonds is 11. The molecule has 2 aliphatic heterocycles. The van der Waals surface area contributed by atoms with Crippen molar-refractivity contribution < 1.29 is 19.1 Å². The van der Waals surface area contributed by atoms with Crippen molar-refractivity contribution in [1.82, 2.24) is 10.2 Å². The van der Waals surface area contributed by atoms with Crippen LogP contribution in [0.4, 0.5) is 0 Å². The number of alkyl halides is 1. The van der Waals surface area contributed by atoms with Gasteiger partial charge in [0.25, 0.3) is 5.91 Å². The first-order valence-electron chi connectivity index (χ1n) is 17.8. The van der Waals surface area contributed by atoms with E-state index in [1.54, 1.807) is 0 Å². The second kappa shape index (κ2) is 18.7. The predicted molar refractivity (Wildman–Crippen MR) is 230 cm³/mol. The number of amides is 2. The van der Waals surface area contributed by atoms with Crippen LogP contribution in [0.25, 0.3) is 0 Å². The molecule has 2 aliphatic rings. The van der Waals surface area contributed by atoms with Gasteiger partial charge in [-0.15, -0.1) is 23.1 Å². The molecule has 10 heteroatoms. The Hall–Kier alpha value is -4.79. The summed E-state index contributed by atoms with van der Waals surface area (Å²) in [5, 5.41) is 9.06. The van der Waals surface area contributed by atoms with E-state index < -0.39 is 26.0 Å². The summed E-state index contributed by atoms with van der Waals surface area (Å²) in [6, 6.07) is 54.5. The van der Waals surface area contributed by atoms with Crippen LogP contribution >= 0.6 is 47.0 Å². The zero-order valence-corrected chi connectivity index (χ0v) is 33.9. The van der Waals surface area contributed by atoms with Gasteiger partial charge in [-0.25, -0.2) is 4.79 Å². The molecule has 0 unspecified atom stereocenters. The monoisotopic (exact) mass is 844 g/mol. The van der Waals surface area contributed by atoms with Crippen LogP contribution < -0.4 is 21.2 Å². The average molecular weight is 846 g/mol. The van der Waals surface area contributed by atoms with Gasteiger partial charge in [0.2, 0.25) is 5.91 Å². The summed E-state index contributed by atoms with van der Waals surface area (Å²) in [6.45, 7) is 0. The van der Waals surface area contributed by atoms with Gasteiger partial charge in [-0.2, -0.15) is 0 Å². The number of nitrogens with one attached hydrogen (secondary N) is 1. The van der Waals surface area contributed by atoms with Gasteiger partial charge < -0.3 is 10.1 Å². The van der Waals surface area contributed by atoms with E-state index >= 15 is 0 Å². The fourth-order valence-electron chi connectivity index (χ4n) is 6.50. The third kappa shape index (κ3) is 9.20. The number of thioether (sulfide) groups is 1. The average Bonchev–Trinajstić information content (AvgIpc) is 3.76. The lowest BCUT2D eigenvalue weighted by Crippen LogP contribution is -2.70. The number of halogens is 1. The maximum atomic E-state index is 13.6. The quantitative estimate of drug-likeness (QED) is 0.0618. The zero-order chi connectivity index (χ0) is 38.0. The normalized spacial score (nSPS) is 16.1. The summed E-state index contributed by atoms with van der Waals surface area (Å²) in [5.41, 5.74) is 2.74. The molecule has 0 radical (unpaired) electrons. The summed E-state index contributed by atoms with van der Waals surface area (Å²) >= 11 is 6.51. The molecule has 6 aromatic rings. The minimum absolute atomic E-state index is 0.205. The largest absolute Gasteiger partial charge is 0.448 e. The van der Waals surface area contributed by atoms with Gasteiger partial charge in [-0.05, 0) is 52.0 Å². The number of hydrogen-bond donors (Lipinski definition) is 1. The van der Waals surface area contributed by atoms with E-state index in [4.69, 9.17) is 4.74 Å². The third-order valence-corrected chi connectivity index (χ3v) is 14.4. The second-order valence-corrected chi connectivity index (χ2v) is 17.7. The SMILES string of the molecule is O=C(Cc1cccs1)N[C@@H]1C(=O)N2C(C(=O)OC(c3ccccc3)c3ccccc3)=C(CBr)CS[C@H]12.c1ccc(P(c2ccccc2)c2ccccc2)cc1. The van der Waals surface area contributed by atoms with Crippen molar-refractivity contribution in [3.8, 4) is 0 Å². The number of carbonyl (C=O) groups excluding carboxylic acids is 3. The van der Waals surface area contributed by atoms with Gasteiger partial charge >= 0.3 is 5.97 Å². The zero-order valence-electron chi connectivity index (χ0n) is 29.7. The Morgan fingerprint density at radius 3 is 1.67 bits per heavy atom. The number of thiophene rings is 1. The van der Waals surface area contributed by atoms with E-state index in [2.05, 4.69) is 112 Å². The highest BCUT2D eigenvalue weighted by atomic mass is 79.9. The number of benzene rings is 5. The van der Waals surface area contributed by atoms with Crippen LogP contribution in [0.1, 0.15) is 22.1 Å². The molecule has 55 heavy (non-hydrogen) atoms. The third-order valence-electron chi connectivity index (χ3n) is 9.11. The van der Waals surface area contributed by atoms with Crippen LogP contribution in [-0.4, -0.2) is 45.2 Å². The molecule has 6 nitrogen and oxygen atoms in total. The van der Waals surface area contributed by atoms with Crippen molar-refractivity contribution in [1.29, 1.82) is 0 Å². The van der Waals surface area contributed by atoms with E-state index in [0.717, 1.165) is 21.6 Å². The molecular formula is C45H38BrN2O4PS2. The lowest BCUT2D eigenvalue weighted by atomic mass is 10.0. The Morgan fingerprint density at radius 2 is 1.22 bits per heavy atom. The molecule has 0 aliphatic carbocycles. The molecular weight excluding hydrogens is 808 g/mol. The topological polar surface area (TPSA) is 75.7 Å². The predicted octanol–water partition coefficient (Wildman–Crippen LogP) is 8.12. The maximum Gasteiger partial charge on any atom is 0.356 e. The minimum Gasteiger partial charge on any atom is -0.448 e. The van der Waals surface area contributed by atoms with E-state index in [0.29, 0.717) is 11.1 Å². The first kappa shape index (κ1) is 38.5. The number of carbonyl (C=O) groups is 3. The Balaban J connectivity index is 0.000000205. The van der Waals surface area contributed by atoms with E-state index in [1.807, 2.05) is 78.2 Å². The van der Waals surface area contributed by atoms with Gasteiger partial charge in [0.15, 0.2) is 6.10 Å². The van der Waals surface area contributed by atoms with Crippen molar-refractivity contribution in [3.63, 3.8) is 0 Å². The molecule has 276 valence electrons. The second-order valence-electron chi connectivity index (χ2n) is 12.7. The number of hydrogen-bond acceptors (Lipinski definition) is 6. The fraction of sp³-hybridized carbons (Fsp3) is 0.133. The van der Waals surface area contributed by atoms with Crippen molar-refractivity contribution >= 4 is 80.6 Å². The smallest absolute Gasteiger partial charge is 0.356 e. The molecule has 0 saturated carbocycles. The molecule has 3 heterocycles. The maximum absolute atomic E-state index is 13.6. The van der Waals surface area contributed by atoms with Crippen molar-refractivity contribution in [2.24, 2.45) is 0 Å². The van der Waals surface area contributed by atoms with Gasteiger partial charge in [0, 0.05) is 16.0 Å². The number of nitrogens with zero attached hydrogens (tertiary/aromatic N) is 1. The van der Waals surface area contributed by atoms with E-state index in [1.165, 1.54) is 43.9 Å². The molecule has 2 amide bonds. The van der Waals surface area contributed by atoms with Crippen LogP contribution in [0.3, 0.4) is 0 Å². The van der Waals surface area contributed by atoms with Crippen LogP contribution in [0.15, 0.2) is 180 Å². The molecule has 2 atom stereocenters. The molecule has 0 spiro atoms. The molecule has 1 saturated heterocycles. The summed E-state index contributed by atoms with van der Waals surface area (Å²) in [6.07, 6.45) is -0.388. The molecule has 1 aromatic heterocycles. The standard InChI is InChI=1S/C27H23BrN2O4S2.C18H15P/c28-15-19-16-36-26-22(29-21(31)14-20-12-7-13-35-20)25(32)30(26)23(19)27(33)34-24(17-8-3-1-4-9-17)18-10-5-2-6-11-18;1-4-10-16(11-5-1)19(17-12-6-2-7-13-17)18-14-8-3-9-15-18/h1-13,22,24,26H,14-16H2,(H,29,31);1-15H/t22-,26-;/m1./s1.